The van der Waals surface area contributed by atoms with E-state index < -0.39 is 18.0 Å². The number of carbonyl (C=O) groups is 1. The van der Waals surface area contributed by atoms with Gasteiger partial charge in [0.1, 0.15) is 5.69 Å². The molecular weight excluding hydrogens is 293 g/mol. The quantitative estimate of drug-likeness (QED) is 0.907. The van der Waals surface area contributed by atoms with Gasteiger partial charge in [-0.3, -0.25) is 9.78 Å². The molecule has 7 heteroatoms. The van der Waals surface area contributed by atoms with Gasteiger partial charge in [-0.15, -0.1) is 0 Å². The molecular formula is C13H14ClF3N2O. The number of halogens is 4. The van der Waals surface area contributed by atoms with Gasteiger partial charge in [-0.25, -0.2) is 0 Å². The van der Waals surface area contributed by atoms with Crippen molar-refractivity contribution in [3.63, 3.8) is 0 Å². The van der Waals surface area contributed by atoms with Crippen LogP contribution in [0.3, 0.4) is 0 Å². The maximum Gasteiger partial charge on any atom is 0.391 e. The van der Waals surface area contributed by atoms with Gasteiger partial charge in [0.25, 0.3) is 5.91 Å². The predicted molar refractivity (Wildman–Crippen MR) is 68.5 cm³/mol. The van der Waals surface area contributed by atoms with E-state index in [2.05, 4.69) is 10.3 Å². The van der Waals surface area contributed by atoms with Crippen molar-refractivity contribution in [1.29, 1.82) is 0 Å². The van der Waals surface area contributed by atoms with Crippen molar-refractivity contribution in [3.8, 4) is 0 Å². The highest BCUT2D eigenvalue weighted by atomic mass is 35.5. The molecule has 0 aromatic carbocycles. The first kappa shape index (κ1) is 15.1. The van der Waals surface area contributed by atoms with Gasteiger partial charge in [-0.2, -0.15) is 13.2 Å². The molecule has 20 heavy (non-hydrogen) atoms. The number of hydrogen-bond donors (Lipinski definition) is 1. The van der Waals surface area contributed by atoms with Crippen LogP contribution in [0.1, 0.15) is 36.2 Å². The number of pyridine rings is 1. The van der Waals surface area contributed by atoms with E-state index in [4.69, 9.17) is 11.6 Å². The summed E-state index contributed by atoms with van der Waals surface area (Å²) >= 11 is 5.76. The summed E-state index contributed by atoms with van der Waals surface area (Å²) in [5.41, 5.74) is 0.176. The number of amides is 1. The largest absolute Gasteiger partial charge is 0.391 e. The monoisotopic (exact) mass is 306 g/mol. The molecule has 0 spiro atoms. The second kappa shape index (κ2) is 5.99. The summed E-state index contributed by atoms with van der Waals surface area (Å²) in [4.78, 5) is 15.8. The fourth-order valence-corrected chi connectivity index (χ4v) is 2.51. The minimum Gasteiger partial charge on any atom is -0.348 e. The summed E-state index contributed by atoms with van der Waals surface area (Å²) in [5, 5.41) is 3.10. The van der Waals surface area contributed by atoms with Gasteiger partial charge in [0, 0.05) is 17.3 Å². The highest BCUT2D eigenvalue weighted by molar-refractivity contribution is 6.30. The van der Waals surface area contributed by atoms with Crippen molar-refractivity contribution in [3.05, 3.63) is 29.0 Å². The average molecular weight is 307 g/mol. The highest BCUT2D eigenvalue weighted by Crippen LogP contribution is 2.37. The van der Waals surface area contributed by atoms with E-state index in [1.54, 1.807) is 6.07 Å². The molecule has 1 saturated carbocycles. The Hall–Kier alpha value is -1.30. The van der Waals surface area contributed by atoms with Gasteiger partial charge >= 0.3 is 6.18 Å². The summed E-state index contributed by atoms with van der Waals surface area (Å²) in [6.45, 7) is 0. The normalized spacial score (nSPS) is 23.4. The molecule has 1 aromatic rings. The molecule has 3 nitrogen and oxygen atoms in total. The van der Waals surface area contributed by atoms with E-state index in [0.29, 0.717) is 17.9 Å². The third-order valence-corrected chi connectivity index (χ3v) is 3.72. The van der Waals surface area contributed by atoms with Gasteiger partial charge < -0.3 is 5.32 Å². The second-order valence-corrected chi connectivity index (χ2v) is 5.36. The number of nitrogens with zero attached hydrogens (tertiary/aromatic N) is 1. The van der Waals surface area contributed by atoms with Crippen LogP contribution >= 0.6 is 11.6 Å². The molecule has 1 amide bonds. The van der Waals surface area contributed by atoms with Crippen LogP contribution in [0, 0.1) is 5.92 Å². The van der Waals surface area contributed by atoms with Crippen molar-refractivity contribution in [2.75, 3.05) is 0 Å². The zero-order valence-electron chi connectivity index (χ0n) is 10.6. The molecule has 1 aliphatic rings. The molecule has 0 bridgehead atoms. The van der Waals surface area contributed by atoms with E-state index >= 15 is 0 Å². The molecule has 0 aliphatic heterocycles. The first-order valence-electron chi connectivity index (χ1n) is 6.35. The summed E-state index contributed by atoms with van der Waals surface area (Å²) in [6, 6.07) is 2.74. The zero-order chi connectivity index (χ0) is 14.8. The van der Waals surface area contributed by atoms with Crippen LogP contribution in [-0.4, -0.2) is 23.1 Å². The van der Waals surface area contributed by atoms with Crippen LogP contribution in [0.25, 0.3) is 0 Å². The number of aromatic nitrogens is 1. The van der Waals surface area contributed by atoms with E-state index in [0.717, 1.165) is 0 Å². The zero-order valence-corrected chi connectivity index (χ0v) is 11.3. The van der Waals surface area contributed by atoms with E-state index in [9.17, 15) is 18.0 Å². The third kappa shape index (κ3) is 3.85. The van der Waals surface area contributed by atoms with E-state index in [1.165, 1.54) is 12.3 Å². The molecule has 110 valence electrons. The maximum absolute atomic E-state index is 12.5. The molecule has 2 rings (SSSR count). The lowest BCUT2D eigenvalue weighted by molar-refractivity contribution is -0.182. The minimum atomic E-state index is -4.14. The summed E-state index contributed by atoms with van der Waals surface area (Å²) < 4.78 is 37.6. The lowest BCUT2D eigenvalue weighted by atomic mass is 9.85. The van der Waals surface area contributed by atoms with Gasteiger partial charge in [0.2, 0.25) is 0 Å². The summed E-state index contributed by atoms with van der Waals surface area (Å²) in [7, 11) is 0. The Morgan fingerprint density at radius 3 is 2.50 bits per heavy atom. The van der Waals surface area contributed by atoms with Gasteiger partial charge in [0.15, 0.2) is 0 Å². The van der Waals surface area contributed by atoms with Crippen molar-refractivity contribution in [2.45, 2.75) is 37.9 Å². The summed E-state index contributed by atoms with van der Waals surface area (Å²) in [5.74, 6) is -1.65. The standard InChI is InChI=1S/C13H14ClF3N2O/c14-9-5-6-18-11(7-9)12(20)19-10-3-1-8(2-4-10)13(15,16)17/h5-8,10H,1-4H2,(H,19,20). The average Bonchev–Trinajstić information content (AvgIpc) is 2.38. The first-order chi connectivity index (χ1) is 9.36. The first-order valence-corrected chi connectivity index (χ1v) is 6.73. The Balaban J connectivity index is 1.88. The smallest absolute Gasteiger partial charge is 0.348 e. The van der Waals surface area contributed by atoms with Crippen LogP contribution in [0.15, 0.2) is 18.3 Å². The Kier molecular flexibility index (Phi) is 4.52. The number of hydrogen-bond acceptors (Lipinski definition) is 2. The van der Waals surface area contributed by atoms with Crippen molar-refractivity contribution in [2.24, 2.45) is 5.92 Å². The molecule has 1 N–H and O–H groups in total. The predicted octanol–water partition coefficient (Wildman–Crippen LogP) is 3.59. The van der Waals surface area contributed by atoms with Crippen LogP contribution in [-0.2, 0) is 0 Å². The van der Waals surface area contributed by atoms with Gasteiger partial charge in [-0.05, 0) is 37.8 Å². The van der Waals surface area contributed by atoms with Crippen LogP contribution in [0.4, 0.5) is 13.2 Å². The third-order valence-electron chi connectivity index (χ3n) is 3.48. The molecule has 0 saturated heterocycles. The number of carbonyl (C=O) groups excluding carboxylic acids is 1. The summed E-state index contributed by atoms with van der Waals surface area (Å²) in [6.07, 6.45) is -1.96. The lowest BCUT2D eigenvalue weighted by Gasteiger charge is -2.30. The molecule has 0 unspecified atom stereocenters. The Labute approximate surface area is 119 Å². The SMILES string of the molecule is O=C(NC1CCC(C(F)(F)F)CC1)c1cc(Cl)ccn1. The maximum atomic E-state index is 12.5. The second-order valence-electron chi connectivity index (χ2n) is 4.92. The number of nitrogens with one attached hydrogen (secondary N) is 1. The van der Waals surface area contributed by atoms with E-state index in [-0.39, 0.29) is 24.6 Å². The Morgan fingerprint density at radius 1 is 1.30 bits per heavy atom. The van der Waals surface area contributed by atoms with Crippen LogP contribution < -0.4 is 5.32 Å². The lowest BCUT2D eigenvalue weighted by Crippen LogP contribution is -2.40. The topological polar surface area (TPSA) is 42.0 Å². The van der Waals surface area contributed by atoms with Crippen molar-refractivity contribution >= 4 is 17.5 Å². The van der Waals surface area contributed by atoms with Crippen LogP contribution in [0.2, 0.25) is 5.02 Å². The molecule has 1 heterocycles. The minimum absolute atomic E-state index is 0.0530. The number of rotatable bonds is 2. The van der Waals surface area contributed by atoms with E-state index in [1.807, 2.05) is 0 Å². The highest BCUT2D eigenvalue weighted by Gasteiger charge is 2.41. The Morgan fingerprint density at radius 2 is 1.95 bits per heavy atom. The molecule has 1 aromatic heterocycles. The Bertz CT molecular complexity index is 485. The fraction of sp³-hybridized carbons (Fsp3) is 0.538. The molecule has 0 atom stereocenters. The van der Waals surface area contributed by atoms with Gasteiger partial charge in [0.05, 0.1) is 5.92 Å². The molecule has 0 radical (unpaired) electrons. The van der Waals surface area contributed by atoms with Gasteiger partial charge in [-0.1, -0.05) is 11.6 Å². The molecule has 1 fully saturated rings. The molecule has 1 aliphatic carbocycles. The number of alkyl halides is 3. The van der Waals surface area contributed by atoms with Crippen molar-refractivity contribution < 1.29 is 18.0 Å². The fourth-order valence-electron chi connectivity index (χ4n) is 2.35. The van der Waals surface area contributed by atoms with Crippen LogP contribution in [0.5, 0.6) is 0 Å². The van der Waals surface area contributed by atoms with Crippen molar-refractivity contribution in [1.82, 2.24) is 10.3 Å².